The van der Waals surface area contributed by atoms with E-state index >= 15 is 0 Å². The first-order chi connectivity index (χ1) is 8.74. The van der Waals surface area contributed by atoms with Crippen molar-refractivity contribution < 1.29 is 4.74 Å². The Kier molecular flexibility index (Phi) is 5.07. The highest BCUT2D eigenvalue weighted by atomic mass is 79.9. The zero-order chi connectivity index (χ0) is 13.0. The summed E-state index contributed by atoms with van der Waals surface area (Å²) >= 11 is 3.65. The number of nitrogens with one attached hydrogen (secondary N) is 1. The molecule has 1 N–H and O–H groups in total. The van der Waals surface area contributed by atoms with Gasteiger partial charge in [0.1, 0.15) is 5.75 Å². The third-order valence-corrected chi connectivity index (χ3v) is 4.79. The average molecular weight is 312 g/mol. The number of methoxy groups -OCH3 is 1. The molecule has 100 valence electrons. The molecule has 2 nitrogen and oxygen atoms in total. The number of ether oxygens (including phenoxy) is 1. The van der Waals surface area contributed by atoms with Gasteiger partial charge in [-0.15, -0.1) is 0 Å². The van der Waals surface area contributed by atoms with Gasteiger partial charge >= 0.3 is 0 Å². The minimum absolute atomic E-state index is 0.664. The van der Waals surface area contributed by atoms with Crippen molar-refractivity contribution in [2.24, 2.45) is 5.92 Å². The Labute approximate surface area is 118 Å². The molecule has 1 aliphatic rings. The van der Waals surface area contributed by atoms with Crippen LogP contribution in [-0.2, 0) is 6.42 Å². The lowest BCUT2D eigenvalue weighted by atomic mass is 9.81. The predicted molar refractivity (Wildman–Crippen MR) is 79.2 cm³/mol. The highest BCUT2D eigenvalue weighted by molar-refractivity contribution is 9.10. The van der Waals surface area contributed by atoms with E-state index < -0.39 is 0 Å². The summed E-state index contributed by atoms with van der Waals surface area (Å²) in [6, 6.07) is 6.91. The summed E-state index contributed by atoms with van der Waals surface area (Å²) < 4.78 is 6.51. The van der Waals surface area contributed by atoms with Crippen LogP contribution >= 0.6 is 15.9 Å². The molecule has 0 amide bonds. The largest absolute Gasteiger partial charge is 0.497 e. The lowest BCUT2D eigenvalue weighted by molar-refractivity contribution is 0.272. The summed E-state index contributed by atoms with van der Waals surface area (Å²) in [6.07, 6.45) is 6.49. The molecular weight excluding hydrogens is 290 g/mol. The first-order valence-electron chi connectivity index (χ1n) is 6.74. The summed E-state index contributed by atoms with van der Waals surface area (Å²) in [5, 5.41) is 3.48. The number of halogens is 1. The Bertz CT molecular complexity index is 394. The Balaban J connectivity index is 2.11. The maximum absolute atomic E-state index is 5.32. The van der Waals surface area contributed by atoms with Crippen LogP contribution in [0.1, 0.15) is 31.2 Å². The van der Waals surface area contributed by atoms with E-state index in [0.29, 0.717) is 6.04 Å². The quantitative estimate of drug-likeness (QED) is 0.913. The second kappa shape index (κ2) is 6.58. The molecule has 0 bridgehead atoms. The van der Waals surface area contributed by atoms with Crippen molar-refractivity contribution in [3.63, 3.8) is 0 Å². The van der Waals surface area contributed by atoms with E-state index in [1.165, 1.54) is 35.7 Å². The summed E-state index contributed by atoms with van der Waals surface area (Å²) in [5.74, 6) is 1.69. The molecule has 1 fully saturated rings. The Morgan fingerprint density at radius 1 is 1.33 bits per heavy atom. The van der Waals surface area contributed by atoms with Gasteiger partial charge in [-0.2, -0.15) is 0 Å². The summed E-state index contributed by atoms with van der Waals surface area (Å²) in [5.41, 5.74) is 1.36. The molecule has 2 unspecified atom stereocenters. The zero-order valence-corrected chi connectivity index (χ0v) is 12.8. The fourth-order valence-electron chi connectivity index (χ4n) is 2.95. The van der Waals surface area contributed by atoms with Gasteiger partial charge in [0, 0.05) is 10.5 Å². The van der Waals surface area contributed by atoms with Gasteiger partial charge in [0.25, 0.3) is 0 Å². The van der Waals surface area contributed by atoms with Gasteiger partial charge in [0.2, 0.25) is 0 Å². The van der Waals surface area contributed by atoms with Gasteiger partial charge in [-0.1, -0.05) is 28.8 Å². The fourth-order valence-corrected chi connectivity index (χ4v) is 3.36. The lowest BCUT2D eigenvalue weighted by Gasteiger charge is -2.31. The second-order valence-corrected chi connectivity index (χ2v) is 5.96. The van der Waals surface area contributed by atoms with Crippen LogP contribution in [0.25, 0.3) is 0 Å². The van der Waals surface area contributed by atoms with Crippen LogP contribution in [0.2, 0.25) is 0 Å². The third kappa shape index (κ3) is 3.27. The number of hydrogen-bond donors (Lipinski definition) is 1. The van der Waals surface area contributed by atoms with Crippen LogP contribution in [0, 0.1) is 5.92 Å². The third-order valence-electron chi connectivity index (χ3n) is 4.01. The van der Waals surface area contributed by atoms with Crippen LogP contribution in [-0.4, -0.2) is 20.2 Å². The molecule has 0 saturated heterocycles. The van der Waals surface area contributed by atoms with Crippen LogP contribution in [0.4, 0.5) is 0 Å². The van der Waals surface area contributed by atoms with Gasteiger partial charge in [0.15, 0.2) is 0 Å². The van der Waals surface area contributed by atoms with Crippen LogP contribution in [0.3, 0.4) is 0 Å². The SMILES string of the molecule is CNC1CCCCC1Cc1cc(OC)ccc1Br. The second-order valence-electron chi connectivity index (χ2n) is 5.10. The van der Waals surface area contributed by atoms with Crippen LogP contribution in [0.15, 0.2) is 22.7 Å². The maximum atomic E-state index is 5.32. The first-order valence-corrected chi connectivity index (χ1v) is 7.53. The molecule has 1 aliphatic carbocycles. The number of benzene rings is 1. The van der Waals surface area contributed by atoms with Gasteiger partial charge in [-0.05, 0) is 56.0 Å². The molecule has 3 heteroatoms. The van der Waals surface area contributed by atoms with Crippen molar-refractivity contribution in [3.05, 3.63) is 28.2 Å². The Morgan fingerprint density at radius 3 is 2.83 bits per heavy atom. The molecule has 2 rings (SSSR count). The van der Waals surface area contributed by atoms with E-state index in [2.05, 4.69) is 40.4 Å². The van der Waals surface area contributed by atoms with E-state index in [9.17, 15) is 0 Å². The molecule has 0 aliphatic heterocycles. The molecule has 2 atom stereocenters. The van der Waals surface area contributed by atoms with Crippen molar-refractivity contribution in [1.82, 2.24) is 5.32 Å². The fraction of sp³-hybridized carbons (Fsp3) is 0.600. The van der Waals surface area contributed by atoms with E-state index in [4.69, 9.17) is 4.74 Å². The van der Waals surface area contributed by atoms with Gasteiger partial charge in [-0.25, -0.2) is 0 Å². The summed E-state index contributed by atoms with van der Waals surface area (Å²) in [7, 11) is 3.81. The Morgan fingerprint density at radius 2 is 2.11 bits per heavy atom. The molecule has 0 heterocycles. The van der Waals surface area contributed by atoms with E-state index in [-0.39, 0.29) is 0 Å². The van der Waals surface area contributed by atoms with Gasteiger partial charge < -0.3 is 10.1 Å². The van der Waals surface area contributed by atoms with Crippen molar-refractivity contribution in [2.45, 2.75) is 38.1 Å². The van der Waals surface area contributed by atoms with Crippen molar-refractivity contribution in [1.29, 1.82) is 0 Å². The summed E-state index contributed by atoms with van der Waals surface area (Å²) in [4.78, 5) is 0. The summed E-state index contributed by atoms with van der Waals surface area (Å²) in [6.45, 7) is 0. The minimum atomic E-state index is 0.664. The monoisotopic (exact) mass is 311 g/mol. The molecule has 18 heavy (non-hydrogen) atoms. The molecule has 0 aromatic heterocycles. The molecular formula is C15H22BrNO. The predicted octanol–water partition coefficient (Wildman–Crippen LogP) is 3.78. The molecule has 1 aromatic carbocycles. The molecule has 0 radical (unpaired) electrons. The number of rotatable bonds is 4. The van der Waals surface area contributed by atoms with Crippen molar-refractivity contribution in [2.75, 3.05) is 14.2 Å². The molecule has 1 aromatic rings. The van der Waals surface area contributed by atoms with Crippen molar-refractivity contribution in [3.8, 4) is 5.75 Å². The van der Waals surface area contributed by atoms with E-state index in [1.54, 1.807) is 7.11 Å². The standard InChI is InChI=1S/C15H22BrNO/c1-17-15-6-4-3-5-11(15)9-12-10-13(18-2)7-8-14(12)16/h7-8,10-11,15,17H,3-6,9H2,1-2H3. The van der Waals surface area contributed by atoms with Crippen LogP contribution < -0.4 is 10.1 Å². The molecule has 1 saturated carbocycles. The highest BCUT2D eigenvalue weighted by Gasteiger charge is 2.24. The van der Waals surface area contributed by atoms with Crippen molar-refractivity contribution >= 4 is 15.9 Å². The normalized spacial score (nSPS) is 23.9. The smallest absolute Gasteiger partial charge is 0.119 e. The lowest BCUT2D eigenvalue weighted by Crippen LogP contribution is -2.37. The maximum Gasteiger partial charge on any atom is 0.119 e. The average Bonchev–Trinajstić information content (AvgIpc) is 2.42. The van der Waals surface area contributed by atoms with E-state index in [0.717, 1.165) is 18.1 Å². The van der Waals surface area contributed by atoms with E-state index in [1.807, 2.05) is 6.07 Å². The van der Waals surface area contributed by atoms with Crippen LogP contribution in [0.5, 0.6) is 5.75 Å². The zero-order valence-electron chi connectivity index (χ0n) is 11.2. The first kappa shape index (κ1) is 13.9. The van der Waals surface area contributed by atoms with Gasteiger partial charge in [0.05, 0.1) is 7.11 Å². The highest BCUT2D eigenvalue weighted by Crippen LogP contribution is 2.31. The van der Waals surface area contributed by atoms with Gasteiger partial charge in [-0.3, -0.25) is 0 Å². The Hall–Kier alpha value is -0.540. The number of hydrogen-bond acceptors (Lipinski definition) is 2. The minimum Gasteiger partial charge on any atom is -0.497 e. The topological polar surface area (TPSA) is 21.3 Å². The molecule has 0 spiro atoms.